The predicted molar refractivity (Wildman–Crippen MR) is 57.1 cm³/mol. The van der Waals surface area contributed by atoms with Gasteiger partial charge in [-0.2, -0.15) is 5.43 Å². The molecule has 0 aliphatic carbocycles. The van der Waals surface area contributed by atoms with Crippen molar-refractivity contribution in [3.05, 3.63) is 59.9 Å². The fraction of sp³-hybridized carbons (Fsp3) is 0. The first-order valence-electron chi connectivity index (χ1n) is 4.33. The van der Waals surface area contributed by atoms with Crippen molar-refractivity contribution in [1.82, 2.24) is 0 Å². The lowest BCUT2D eigenvalue weighted by molar-refractivity contribution is -0.642. The summed E-state index contributed by atoms with van der Waals surface area (Å²) in [6.45, 7) is 0. The molecule has 0 amide bonds. The molecule has 0 fully saturated rings. The fourth-order valence-electron chi connectivity index (χ4n) is 1.18. The summed E-state index contributed by atoms with van der Waals surface area (Å²) >= 11 is 5.86. The van der Waals surface area contributed by atoms with Crippen LogP contribution in [0, 0.1) is 0 Å². The number of hydrogen-bond acceptors (Lipinski definition) is 1. The molecule has 0 spiro atoms. The maximum Gasteiger partial charge on any atom is 0.199 e. The minimum Gasteiger partial charge on any atom is -0.161 e. The summed E-state index contributed by atoms with van der Waals surface area (Å²) in [4.78, 5) is 0. The van der Waals surface area contributed by atoms with Crippen LogP contribution in [0.5, 0.6) is 0 Å². The Balaban J connectivity index is 2.19. The van der Waals surface area contributed by atoms with Gasteiger partial charge >= 0.3 is 0 Å². The standard InChI is InChI=1S/C11H10ClN2/c12-10-5-4-6-11(9-10)13-14-7-2-1-3-8-14/h1-9,13H/q+1. The average molecular weight is 206 g/mol. The molecule has 0 unspecified atom stereocenters. The van der Waals surface area contributed by atoms with E-state index < -0.39 is 0 Å². The van der Waals surface area contributed by atoms with E-state index in [9.17, 15) is 0 Å². The van der Waals surface area contributed by atoms with Gasteiger partial charge < -0.3 is 0 Å². The summed E-state index contributed by atoms with van der Waals surface area (Å²) in [6, 6.07) is 13.5. The van der Waals surface area contributed by atoms with Gasteiger partial charge in [-0.1, -0.05) is 28.4 Å². The monoisotopic (exact) mass is 205 g/mol. The van der Waals surface area contributed by atoms with Gasteiger partial charge in [-0.3, -0.25) is 0 Å². The number of nitrogens with one attached hydrogen (secondary N) is 1. The van der Waals surface area contributed by atoms with Crippen LogP contribution < -0.4 is 10.1 Å². The van der Waals surface area contributed by atoms with Gasteiger partial charge in [0.2, 0.25) is 0 Å². The smallest absolute Gasteiger partial charge is 0.161 e. The topological polar surface area (TPSA) is 15.9 Å². The first-order chi connectivity index (χ1) is 6.84. The normalized spacial score (nSPS) is 9.79. The van der Waals surface area contributed by atoms with Gasteiger partial charge in [0.1, 0.15) is 0 Å². The lowest BCUT2D eigenvalue weighted by atomic mass is 10.3. The van der Waals surface area contributed by atoms with Crippen molar-refractivity contribution in [3.8, 4) is 0 Å². The second-order valence-corrected chi connectivity index (χ2v) is 3.34. The number of aromatic nitrogens is 1. The summed E-state index contributed by atoms with van der Waals surface area (Å²) in [7, 11) is 0. The Morgan fingerprint density at radius 3 is 2.50 bits per heavy atom. The van der Waals surface area contributed by atoms with E-state index in [1.807, 2.05) is 59.5 Å². The van der Waals surface area contributed by atoms with Gasteiger partial charge in [0.15, 0.2) is 12.4 Å². The lowest BCUT2D eigenvalue weighted by Crippen LogP contribution is -2.41. The Bertz CT molecular complexity index is 415. The fourth-order valence-corrected chi connectivity index (χ4v) is 1.37. The molecule has 0 atom stereocenters. The van der Waals surface area contributed by atoms with E-state index in [-0.39, 0.29) is 0 Å². The van der Waals surface area contributed by atoms with Crippen molar-refractivity contribution in [1.29, 1.82) is 0 Å². The molecule has 2 aromatic rings. The number of anilines is 1. The van der Waals surface area contributed by atoms with Crippen molar-refractivity contribution in [2.24, 2.45) is 0 Å². The van der Waals surface area contributed by atoms with Crippen LogP contribution in [-0.2, 0) is 0 Å². The summed E-state index contributed by atoms with van der Waals surface area (Å²) in [5.74, 6) is 0. The van der Waals surface area contributed by atoms with E-state index in [0.717, 1.165) is 10.7 Å². The summed E-state index contributed by atoms with van der Waals surface area (Å²) in [6.07, 6.45) is 3.86. The van der Waals surface area contributed by atoms with E-state index in [1.165, 1.54) is 0 Å². The number of pyridine rings is 1. The number of halogens is 1. The third kappa shape index (κ3) is 2.24. The Kier molecular flexibility index (Phi) is 2.65. The summed E-state index contributed by atoms with van der Waals surface area (Å²) in [5.41, 5.74) is 4.14. The van der Waals surface area contributed by atoms with Crippen LogP contribution >= 0.6 is 11.6 Å². The van der Waals surface area contributed by atoms with Crippen molar-refractivity contribution in [3.63, 3.8) is 0 Å². The Morgan fingerprint density at radius 2 is 1.79 bits per heavy atom. The van der Waals surface area contributed by atoms with Crippen molar-refractivity contribution < 1.29 is 4.68 Å². The molecule has 0 aliphatic heterocycles. The van der Waals surface area contributed by atoms with E-state index in [2.05, 4.69) is 5.43 Å². The molecule has 0 saturated heterocycles. The highest BCUT2D eigenvalue weighted by molar-refractivity contribution is 6.30. The van der Waals surface area contributed by atoms with Crippen LogP contribution in [-0.4, -0.2) is 0 Å². The van der Waals surface area contributed by atoms with Crippen LogP contribution in [0.2, 0.25) is 5.02 Å². The molecular weight excluding hydrogens is 196 g/mol. The van der Waals surface area contributed by atoms with Crippen LogP contribution in [0.25, 0.3) is 0 Å². The third-order valence-corrected chi connectivity index (χ3v) is 2.03. The number of rotatable bonds is 2. The molecule has 70 valence electrons. The molecule has 0 aliphatic rings. The SMILES string of the molecule is Clc1cccc(N[n+]2ccccc2)c1. The molecular formula is C11H10ClN2+. The van der Waals surface area contributed by atoms with Crippen LogP contribution in [0.1, 0.15) is 0 Å². The molecule has 14 heavy (non-hydrogen) atoms. The van der Waals surface area contributed by atoms with Crippen molar-refractivity contribution >= 4 is 17.3 Å². The van der Waals surface area contributed by atoms with Crippen LogP contribution in [0.15, 0.2) is 54.9 Å². The number of hydrogen-bond donors (Lipinski definition) is 1. The number of nitrogens with zero attached hydrogens (tertiary/aromatic N) is 1. The molecule has 0 radical (unpaired) electrons. The Hall–Kier alpha value is -1.54. The molecule has 0 saturated carbocycles. The van der Waals surface area contributed by atoms with Gasteiger partial charge in [-0.05, 0) is 18.2 Å². The molecule has 1 aromatic heterocycles. The second kappa shape index (κ2) is 4.11. The minimum atomic E-state index is 0.728. The van der Waals surface area contributed by atoms with Crippen LogP contribution in [0.4, 0.5) is 5.69 Å². The van der Waals surface area contributed by atoms with E-state index in [1.54, 1.807) is 0 Å². The molecule has 2 nitrogen and oxygen atoms in total. The summed E-state index contributed by atoms with van der Waals surface area (Å²) in [5, 5.41) is 0.728. The second-order valence-electron chi connectivity index (χ2n) is 2.90. The zero-order chi connectivity index (χ0) is 9.80. The van der Waals surface area contributed by atoms with Gasteiger partial charge in [0.05, 0.1) is 5.69 Å². The minimum absolute atomic E-state index is 0.728. The average Bonchev–Trinajstić information content (AvgIpc) is 2.19. The predicted octanol–water partition coefficient (Wildman–Crippen LogP) is 2.50. The Labute approximate surface area is 87.7 Å². The maximum atomic E-state index is 5.86. The van der Waals surface area contributed by atoms with Crippen molar-refractivity contribution in [2.75, 3.05) is 5.43 Å². The molecule has 1 N–H and O–H groups in total. The molecule has 3 heteroatoms. The van der Waals surface area contributed by atoms with Gasteiger partial charge in [-0.15, -0.1) is 0 Å². The largest absolute Gasteiger partial charge is 0.199 e. The van der Waals surface area contributed by atoms with E-state index in [4.69, 9.17) is 11.6 Å². The van der Waals surface area contributed by atoms with Gasteiger partial charge in [0, 0.05) is 17.2 Å². The van der Waals surface area contributed by atoms with E-state index in [0.29, 0.717) is 0 Å². The molecule has 1 aromatic carbocycles. The molecule has 2 rings (SSSR count). The quantitative estimate of drug-likeness (QED) is 0.745. The highest BCUT2D eigenvalue weighted by Crippen LogP contribution is 2.13. The van der Waals surface area contributed by atoms with Crippen molar-refractivity contribution in [2.45, 2.75) is 0 Å². The first-order valence-corrected chi connectivity index (χ1v) is 4.71. The van der Waals surface area contributed by atoms with Gasteiger partial charge in [0.25, 0.3) is 0 Å². The zero-order valence-electron chi connectivity index (χ0n) is 7.52. The zero-order valence-corrected chi connectivity index (χ0v) is 8.28. The number of benzene rings is 1. The highest BCUT2D eigenvalue weighted by Gasteiger charge is 1.98. The van der Waals surface area contributed by atoms with Gasteiger partial charge in [-0.25, -0.2) is 0 Å². The first kappa shape index (κ1) is 9.03. The summed E-state index contributed by atoms with van der Waals surface area (Å²) < 4.78 is 1.87. The van der Waals surface area contributed by atoms with Crippen LogP contribution in [0.3, 0.4) is 0 Å². The maximum absolute atomic E-state index is 5.86. The third-order valence-electron chi connectivity index (χ3n) is 1.80. The molecule has 1 heterocycles. The lowest BCUT2D eigenvalue weighted by Gasteiger charge is -1.99. The van der Waals surface area contributed by atoms with E-state index >= 15 is 0 Å². The highest BCUT2D eigenvalue weighted by atomic mass is 35.5. The Morgan fingerprint density at radius 1 is 1.00 bits per heavy atom. The molecule has 0 bridgehead atoms.